The molecule has 2 aliphatic heterocycles. The molecule has 5 nitrogen and oxygen atoms in total. The number of aromatic nitrogens is 1. The number of aliphatic hydroxyl groups is 1. The van der Waals surface area contributed by atoms with Gasteiger partial charge in [-0.25, -0.2) is 4.98 Å². The minimum Gasteiger partial charge on any atom is -0.379 e. The number of piperazine rings is 1. The standard InChI is InChI=1S/C23H25F3N4OS/c1-15-12-19-21(32-15)20(30-9-6-22(31,14-30)23(24,25)26)13-18(28-19)16-2-4-17(5-3-16)29-10-7-27-8-11-29/h2-5,12-13,27,31H,6-11,14H2,1H3. The van der Waals surface area contributed by atoms with Gasteiger partial charge in [0.2, 0.25) is 0 Å². The van der Waals surface area contributed by atoms with Crippen molar-refractivity contribution >= 4 is 32.9 Å². The number of pyridine rings is 1. The Morgan fingerprint density at radius 3 is 2.44 bits per heavy atom. The van der Waals surface area contributed by atoms with Gasteiger partial charge in [0.05, 0.1) is 28.1 Å². The van der Waals surface area contributed by atoms with Gasteiger partial charge in [0, 0.05) is 55.3 Å². The maximum absolute atomic E-state index is 13.4. The number of hydrogen-bond donors (Lipinski definition) is 2. The number of hydrogen-bond acceptors (Lipinski definition) is 6. The second-order valence-electron chi connectivity index (χ2n) is 8.58. The number of anilines is 2. The molecule has 1 atom stereocenters. The quantitative estimate of drug-likeness (QED) is 0.612. The van der Waals surface area contributed by atoms with Gasteiger partial charge in [-0.3, -0.25) is 0 Å². The van der Waals surface area contributed by atoms with E-state index in [2.05, 4.69) is 22.3 Å². The van der Waals surface area contributed by atoms with Gasteiger partial charge in [-0.1, -0.05) is 12.1 Å². The van der Waals surface area contributed by atoms with Crippen molar-refractivity contribution in [2.24, 2.45) is 0 Å². The van der Waals surface area contributed by atoms with Gasteiger partial charge < -0.3 is 20.2 Å². The molecule has 0 bridgehead atoms. The Labute approximate surface area is 188 Å². The summed E-state index contributed by atoms with van der Waals surface area (Å²) in [6.07, 6.45) is -4.98. The first-order valence-corrected chi connectivity index (χ1v) is 11.6. The SMILES string of the molecule is Cc1cc2nc(-c3ccc(N4CCNCC4)cc3)cc(N3CCC(O)(C(F)(F)F)C3)c2s1. The minimum absolute atomic E-state index is 0.146. The third-order valence-electron chi connectivity index (χ3n) is 6.34. The van der Waals surface area contributed by atoms with Crippen molar-refractivity contribution in [3.8, 4) is 11.3 Å². The zero-order valence-corrected chi connectivity index (χ0v) is 18.6. The second kappa shape index (κ2) is 7.90. The summed E-state index contributed by atoms with van der Waals surface area (Å²) in [6, 6.07) is 12.0. The maximum atomic E-state index is 13.4. The summed E-state index contributed by atoms with van der Waals surface area (Å²) < 4.78 is 41.0. The molecule has 4 heterocycles. The fourth-order valence-corrected chi connectivity index (χ4v) is 5.50. The highest BCUT2D eigenvalue weighted by molar-refractivity contribution is 7.19. The Kier molecular flexibility index (Phi) is 5.30. The summed E-state index contributed by atoms with van der Waals surface area (Å²) in [5.74, 6) is 0. The van der Waals surface area contributed by atoms with Crippen LogP contribution < -0.4 is 15.1 Å². The lowest BCUT2D eigenvalue weighted by Crippen LogP contribution is -2.47. The third kappa shape index (κ3) is 3.82. The van der Waals surface area contributed by atoms with Crippen LogP contribution >= 0.6 is 11.3 Å². The monoisotopic (exact) mass is 462 g/mol. The molecule has 1 aromatic carbocycles. The number of nitrogens with zero attached hydrogens (tertiary/aromatic N) is 3. The molecule has 0 spiro atoms. The van der Waals surface area contributed by atoms with Crippen molar-refractivity contribution in [3.63, 3.8) is 0 Å². The van der Waals surface area contributed by atoms with Gasteiger partial charge in [-0.15, -0.1) is 11.3 Å². The highest BCUT2D eigenvalue weighted by atomic mass is 32.1. The van der Waals surface area contributed by atoms with Crippen molar-refractivity contribution < 1.29 is 18.3 Å². The average molecular weight is 463 g/mol. The highest BCUT2D eigenvalue weighted by Crippen LogP contribution is 2.43. The van der Waals surface area contributed by atoms with Crippen LogP contribution in [-0.4, -0.2) is 61.1 Å². The number of nitrogens with one attached hydrogen (secondary N) is 1. The van der Waals surface area contributed by atoms with Gasteiger partial charge >= 0.3 is 6.18 Å². The van der Waals surface area contributed by atoms with E-state index in [1.54, 1.807) is 4.90 Å². The molecule has 0 radical (unpaired) electrons. The van der Waals surface area contributed by atoms with Gasteiger partial charge in [-0.2, -0.15) is 13.2 Å². The zero-order valence-electron chi connectivity index (χ0n) is 17.7. The molecule has 0 aliphatic carbocycles. The summed E-state index contributed by atoms with van der Waals surface area (Å²) in [6.45, 7) is 5.48. The molecule has 0 amide bonds. The Bertz CT molecular complexity index is 1120. The summed E-state index contributed by atoms with van der Waals surface area (Å²) in [7, 11) is 0. The van der Waals surface area contributed by atoms with E-state index in [0.29, 0.717) is 5.69 Å². The van der Waals surface area contributed by atoms with Crippen LogP contribution in [0.4, 0.5) is 24.5 Å². The molecular formula is C23H25F3N4OS. The summed E-state index contributed by atoms with van der Waals surface area (Å²) in [5.41, 5.74) is 1.58. The van der Waals surface area contributed by atoms with Crippen LogP contribution in [0.3, 0.4) is 0 Å². The molecule has 170 valence electrons. The number of alkyl halides is 3. The number of thiophene rings is 1. The molecule has 2 aliphatic rings. The third-order valence-corrected chi connectivity index (χ3v) is 7.41. The molecule has 9 heteroatoms. The van der Waals surface area contributed by atoms with Crippen molar-refractivity contribution in [2.45, 2.75) is 25.1 Å². The van der Waals surface area contributed by atoms with Crippen molar-refractivity contribution in [1.29, 1.82) is 0 Å². The molecular weight excluding hydrogens is 437 g/mol. The van der Waals surface area contributed by atoms with Crippen LogP contribution in [0.2, 0.25) is 0 Å². The molecule has 2 N–H and O–H groups in total. The van der Waals surface area contributed by atoms with E-state index in [4.69, 9.17) is 4.98 Å². The average Bonchev–Trinajstić information content (AvgIpc) is 3.36. The summed E-state index contributed by atoms with van der Waals surface area (Å²) >= 11 is 1.52. The maximum Gasteiger partial charge on any atom is 0.418 e. The van der Waals surface area contributed by atoms with Crippen LogP contribution in [0.1, 0.15) is 11.3 Å². The zero-order chi connectivity index (χ0) is 22.5. The van der Waals surface area contributed by atoms with Crippen LogP contribution in [0, 0.1) is 6.92 Å². The molecule has 1 unspecified atom stereocenters. The van der Waals surface area contributed by atoms with E-state index >= 15 is 0 Å². The predicted molar refractivity (Wildman–Crippen MR) is 123 cm³/mol. The largest absolute Gasteiger partial charge is 0.418 e. The second-order valence-corrected chi connectivity index (χ2v) is 9.84. The van der Waals surface area contributed by atoms with Crippen LogP contribution in [0.5, 0.6) is 0 Å². The first-order chi connectivity index (χ1) is 15.2. The van der Waals surface area contributed by atoms with E-state index in [0.717, 1.165) is 58.2 Å². The van der Waals surface area contributed by atoms with Crippen LogP contribution in [0.25, 0.3) is 21.5 Å². The predicted octanol–water partition coefficient (Wildman–Crippen LogP) is 4.18. The van der Waals surface area contributed by atoms with Crippen molar-refractivity contribution in [3.05, 3.63) is 41.3 Å². The number of β-amino-alcohol motifs (C(OH)–C–C–N with tert-alkyl or cyclic N) is 1. The Morgan fingerprint density at radius 1 is 1.06 bits per heavy atom. The van der Waals surface area contributed by atoms with E-state index in [1.165, 1.54) is 11.3 Å². The Morgan fingerprint density at radius 2 is 1.78 bits per heavy atom. The van der Waals surface area contributed by atoms with Crippen LogP contribution in [-0.2, 0) is 0 Å². The van der Waals surface area contributed by atoms with Crippen molar-refractivity contribution in [2.75, 3.05) is 49.1 Å². The Balaban J connectivity index is 1.50. The molecule has 5 rings (SSSR count). The van der Waals surface area contributed by atoms with Crippen LogP contribution in [0.15, 0.2) is 36.4 Å². The molecule has 2 aromatic heterocycles. The molecule has 3 aromatic rings. The molecule has 2 saturated heterocycles. The van der Waals surface area contributed by atoms with E-state index in [-0.39, 0.29) is 13.0 Å². The smallest absolute Gasteiger partial charge is 0.379 e. The lowest BCUT2D eigenvalue weighted by Gasteiger charge is -2.29. The fraction of sp³-hybridized carbons (Fsp3) is 0.435. The van der Waals surface area contributed by atoms with Gasteiger partial charge in [0.1, 0.15) is 0 Å². The Hall–Kier alpha value is -2.36. The number of halogens is 3. The van der Waals surface area contributed by atoms with E-state index < -0.39 is 18.3 Å². The van der Waals surface area contributed by atoms with E-state index in [9.17, 15) is 18.3 Å². The summed E-state index contributed by atoms with van der Waals surface area (Å²) in [4.78, 5) is 9.82. The van der Waals surface area contributed by atoms with Gasteiger partial charge in [0.15, 0.2) is 5.60 Å². The van der Waals surface area contributed by atoms with Gasteiger partial charge in [0.25, 0.3) is 0 Å². The number of benzene rings is 1. The molecule has 2 fully saturated rings. The number of aryl methyl sites for hydroxylation is 1. The first-order valence-electron chi connectivity index (χ1n) is 10.7. The summed E-state index contributed by atoms with van der Waals surface area (Å²) in [5, 5.41) is 13.5. The molecule has 0 saturated carbocycles. The highest BCUT2D eigenvalue weighted by Gasteiger charge is 2.57. The lowest BCUT2D eigenvalue weighted by molar-refractivity contribution is -0.250. The molecule has 32 heavy (non-hydrogen) atoms. The minimum atomic E-state index is -4.65. The number of rotatable bonds is 3. The fourth-order valence-electron chi connectivity index (χ4n) is 4.50. The lowest BCUT2D eigenvalue weighted by atomic mass is 10.0. The normalized spacial score (nSPS) is 22.2. The van der Waals surface area contributed by atoms with E-state index in [1.807, 2.05) is 31.2 Å². The first kappa shape index (κ1) is 21.5. The van der Waals surface area contributed by atoms with Gasteiger partial charge in [-0.05, 0) is 31.2 Å². The number of fused-ring (bicyclic) bond motifs is 1. The topological polar surface area (TPSA) is 51.6 Å². The van der Waals surface area contributed by atoms with Crippen molar-refractivity contribution in [1.82, 2.24) is 10.3 Å².